The van der Waals surface area contributed by atoms with Gasteiger partial charge in [-0.15, -0.1) is 10.2 Å². The number of rotatable bonds is 3. The fraction of sp³-hybridized carbons (Fsp3) is 0.400. The molecule has 1 aliphatic heterocycles. The first-order valence-corrected chi connectivity index (χ1v) is 7.12. The quantitative estimate of drug-likeness (QED) is 0.857. The lowest BCUT2D eigenvalue weighted by Gasteiger charge is -2.33. The van der Waals surface area contributed by atoms with Crippen molar-refractivity contribution in [3.05, 3.63) is 41.4 Å². The van der Waals surface area contributed by atoms with E-state index in [0.29, 0.717) is 24.8 Å². The predicted octanol–water partition coefficient (Wildman–Crippen LogP) is 1.74. The Bertz CT molecular complexity index is 718. The number of aromatic nitrogens is 2. The van der Waals surface area contributed by atoms with Crippen molar-refractivity contribution in [2.75, 3.05) is 26.9 Å². The molecule has 0 radical (unpaired) electrons. The molecule has 1 amide bonds. The maximum Gasteiger partial charge on any atom is 0.257 e. The maximum atomic E-state index is 14.2. The van der Waals surface area contributed by atoms with E-state index >= 15 is 0 Å². The summed E-state index contributed by atoms with van der Waals surface area (Å²) in [5.74, 6) is -0.0567. The van der Waals surface area contributed by atoms with Gasteiger partial charge in [0, 0.05) is 19.5 Å². The predicted molar refractivity (Wildman–Crippen MR) is 76.6 cm³/mol. The molecule has 0 unspecified atom stereocenters. The Morgan fingerprint density at radius 1 is 1.43 bits per heavy atom. The Kier molecular flexibility index (Phi) is 4.24. The second kappa shape index (κ2) is 6.33. The number of halogens is 1. The molecular weight excluding hydrogens is 305 g/mol. The van der Waals surface area contributed by atoms with E-state index in [9.17, 15) is 9.18 Å². The summed E-state index contributed by atoms with van der Waals surface area (Å²) in [6.45, 7) is 2.57. The van der Waals surface area contributed by atoms with E-state index in [1.54, 1.807) is 13.0 Å². The Hall–Kier alpha value is -2.48. The van der Waals surface area contributed by atoms with Crippen LogP contribution in [0.4, 0.5) is 4.39 Å². The van der Waals surface area contributed by atoms with Gasteiger partial charge in [-0.3, -0.25) is 4.79 Å². The Balaban J connectivity index is 1.89. The SMILES string of the molecule is COc1ccc(C(=O)N2CCOC[C@H]2c2nnc(C)o2)c(F)c1. The van der Waals surface area contributed by atoms with Gasteiger partial charge in [0.2, 0.25) is 11.8 Å². The van der Waals surface area contributed by atoms with Crippen molar-refractivity contribution in [3.63, 3.8) is 0 Å². The summed E-state index contributed by atoms with van der Waals surface area (Å²) >= 11 is 0. The van der Waals surface area contributed by atoms with E-state index < -0.39 is 17.8 Å². The van der Waals surface area contributed by atoms with Gasteiger partial charge in [0.05, 0.1) is 25.9 Å². The molecule has 1 aromatic heterocycles. The molecule has 1 aromatic carbocycles. The maximum absolute atomic E-state index is 14.2. The standard InChI is InChI=1S/C15H16FN3O4/c1-9-17-18-14(23-9)13-8-22-6-5-19(13)15(20)11-4-3-10(21-2)7-12(11)16/h3-4,7,13H,5-6,8H2,1-2H3/t13-/m0/s1. The summed E-state index contributed by atoms with van der Waals surface area (Å²) in [5.41, 5.74) is -0.0334. The normalized spacial score (nSPS) is 18.0. The monoisotopic (exact) mass is 321 g/mol. The number of benzene rings is 1. The van der Waals surface area contributed by atoms with Crippen molar-refractivity contribution in [2.45, 2.75) is 13.0 Å². The summed E-state index contributed by atoms with van der Waals surface area (Å²) in [4.78, 5) is 14.2. The van der Waals surface area contributed by atoms with Crippen molar-refractivity contribution in [1.82, 2.24) is 15.1 Å². The highest BCUT2D eigenvalue weighted by atomic mass is 19.1. The summed E-state index contributed by atoms with van der Waals surface area (Å²) < 4.78 is 29.9. The number of hydrogen-bond donors (Lipinski definition) is 0. The summed E-state index contributed by atoms with van der Waals surface area (Å²) in [7, 11) is 1.44. The molecule has 8 heteroatoms. The van der Waals surface area contributed by atoms with Gasteiger partial charge in [-0.05, 0) is 12.1 Å². The summed E-state index contributed by atoms with van der Waals surface area (Å²) in [5, 5.41) is 7.71. The third kappa shape index (κ3) is 3.02. The molecule has 23 heavy (non-hydrogen) atoms. The van der Waals surface area contributed by atoms with Crippen molar-refractivity contribution in [2.24, 2.45) is 0 Å². The van der Waals surface area contributed by atoms with Crippen molar-refractivity contribution in [1.29, 1.82) is 0 Å². The largest absolute Gasteiger partial charge is 0.497 e. The lowest BCUT2D eigenvalue weighted by molar-refractivity contribution is -0.0108. The van der Waals surface area contributed by atoms with Crippen molar-refractivity contribution < 1.29 is 23.1 Å². The number of hydrogen-bond acceptors (Lipinski definition) is 6. The molecule has 7 nitrogen and oxygen atoms in total. The fourth-order valence-corrected chi connectivity index (χ4v) is 2.45. The van der Waals surface area contributed by atoms with Crippen LogP contribution in [0.5, 0.6) is 5.75 Å². The van der Waals surface area contributed by atoms with Gasteiger partial charge >= 0.3 is 0 Å². The van der Waals surface area contributed by atoms with Crippen molar-refractivity contribution in [3.8, 4) is 5.75 Å². The molecule has 0 saturated carbocycles. The van der Waals surface area contributed by atoms with Gasteiger partial charge in [-0.25, -0.2) is 4.39 Å². The van der Waals surface area contributed by atoms with E-state index in [4.69, 9.17) is 13.9 Å². The second-order valence-corrected chi connectivity index (χ2v) is 5.09. The highest BCUT2D eigenvalue weighted by Gasteiger charge is 2.34. The minimum Gasteiger partial charge on any atom is -0.497 e. The smallest absolute Gasteiger partial charge is 0.257 e. The molecule has 0 spiro atoms. The number of amides is 1. The van der Waals surface area contributed by atoms with Gasteiger partial charge in [0.25, 0.3) is 5.91 Å². The first kappa shape index (κ1) is 15.4. The average Bonchev–Trinajstić information content (AvgIpc) is 3.00. The first-order valence-electron chi connectivity index (χ1n) is 7.12. The van der Waals surface area contributed by atoms with Crippen LogP contribution in [0.1, 0.15) is 28.2 Å². The molecule has 1 saturated heterocycles. The highest BCUT2D eigenvalue weighted by Crippen LogP contribution is 2.26. The van der Waals surface area contributed by atoms with Crippen LogP contribution in [-0.2, 0) is 4.74 Å². The fourth-order valence-electron chi connectivity index (χ4n) is 2.45. The molecular formula is C15H16FN3O4. The van der Waals surface area contributed by atoms with Crippen LogP contribution in [0.25, 0.3) is 0 Å². The summed E-state index contributed by atoms with van der Waals surface area (Å²) in [6.07, 6.45) is 0. The lowest BCUT2D eigenvalue weighted by Crippen LogP contribution is -2.43. The third-order valence-electron chi connectivity index (χ3n) is 3.62. The second-order valence-electron chi connectivity index (χ2n) is 5.09. The molecule has 1 aliphatic rings. The highest BCUT2D eigenvalue weighted by molar-refractivity contribution is 5.95. The van der Waals surface area contributed by atoms with Crippen LogP contribution in [0.15, 0.2) is 22.6 Å². The minimum atomic E-state index is -0.638. The van der Waals surface area contributed by atoms with Crippen LogP contribution < -0.4 is 4.74 Å². The van der Waals surface area contributed by atoms with Crippen LogP contribution in [0.3, 0.4) is 0 Å². The van der Waals surface area contributed by atoms with Crippen LogP contribution in [0.2, 0.25) is 0 Å². The molecule has 1 fully saturated rings. The van der Waals surface area contributed by atoms with E-state index in [-0.39, 0.29) is 18.1 Å². The van der Waals surface area contributed by atoms with Gasteiger partial charge in [0.15, 0.2) is 0 Å². The minimum absolute atomic E-state index is 0.0334. The molecule has 0 bridgehead atoms. The zero-order valence-electron chi connectivity index (χ0n) is 12.8. The molecule has 2 aromatic rings. The van der Waals surface area contributed by atoms with E-state index in [1.165, 1.54) is 24.1 Å². The van der Waals surface area contributed by atoms with Crippen molar-refractivity contribution >= 4 is 5.91 Å². The molecule has 1 atom stereocenters. The number of aryl methyl sites for hydroxylation is 1. The number of ether oxygens (including phenoxy) is 2. The zero-order chi connectivity index (χ0) is 16.4. The lowest BCUT2D eigenvalue weighted by atomic mass is 10.1. The Morgan fingerprint density at radius 3 is 2.91 bits per heavy atom. The molecule has 0 aliphatic carbocycles. The summed E-state index contributed by atoms with van der Waals surface area (Å²) in [6, 6.07) is 3.60. The number of carbonyl (C=O) groups is 1. The van der Waals surface area contributed by atoms with Crippen LogP contribution >= 0.6 is 0 Å². The van der Waals surface area contributed by atoms with Gasteiger partial charge in [0.1, 0.15) is 17.6 Å². The number of nitrogens with zero attached hydrogens (tertiary/aromatic N) is 3. The van der Waals surface area contributed by atoms with E-state index in [2.05, 4.69) is 10.2 Å². The molecule has 122 valence electrons. The topological polar surface area (TPSA) is 77.7 Å². The average molecular weight is 321 g/mol. The molecule has 0 N–H and O–H groups in total. The Labute approximate surface area is 132 Å². The van der Waals surface area contributed by atoms with Gasteiger partial charge in [-0.2, -0.15) is 0 Å². The Morgan fingerprint density at radius 2 is 2.26 bits per heavy atom. The van der Waals surface area contributed by atoms with E-state index in [0.717, 1.165) is 0 Å². The third-order valence-corrected chi connectivity index (χ3v) is 3.62. The van der Waals surface area contributed by atoms with Crippen LogP contribution in [0, 0.1) is 12.7 Å². The number of morpholine rings is 1. The molecule has 2 heterocycles. The number of methoxy groups -OCH3 is 1. The van der Waals surface area contributed by atoms with E-state index in [1.807, 2.05) is 0 Å². The first-order chi connectivity index (χ1) is 11.1. The van der Waals surface area contributed by atoms with Gasteiger partial charge in [-0.1, -0.05) is 0 Å². The zero-order valence-corrected chi connectivity index (χ0v) is 12.8. The van der Waals surface area contributed by atoms with Crippen LogP contribution in [-0.4, -0.2) is 47.9 Å². The molecule has 3 rings (SSSR count). The number of carbonyl (C=O) groups excluding carboxylic acids is 1. The van der Waals surface area contributed by atoms with Gasteiger partial charge < -0.3 is 18.8 Å².